The van der Waals surface area contributed by atoms with Crippen LogP contribution >= 0.6 is 0 Å². The lowest BCUT2D eigenvalue weighted by atomic mass is 9.86. The van der Waals surface area contributed by atoms with E-state index in [1.165, 1.54) is 0 Å². The fraction of sp³-hybridized carbons (Fsp3) is 0.407. The maximum atomic E-state index is 13.4. The van der Waals surface area contributed by atoms with Crippen LogP contribution in [0.3, 0.4) is 0 Å². The van der Waals surface area contributed by atoms with E-state index in [9.17, 15) is 9.59 Å². The zero-order valence-corrected chi connectivity index (χ0v) is 20.8. The van der Waals surface area contributed by atoms with Crippen molar-refractivity contribution < 1.29 is 18.7 Å². The number of nitrogens with zero attached hydrogens (tertiary/aromatic N) is 3. The Hall–Kier alpha value is -3.32. The van der Waals surface area contributed by atoms with Gasteiger partial charge in [-0.1, -0.05) is 32.9 Å². The molecule has 0 saturated carbocycles. The molecule has 0 saturated heterocycles. The van der Waals surface area contributed by atoms with Crippen LogP contribution in [0.25, 0.3) is 0 Å². The number of methoxy groups -OCH3 is 1. The second-order valence-electron chi connectivity index (χ2n) is 9.49. The van der Waals surface area contributed by atoms with Crippen LogP contribution in [0.2, 0.25) is 0 Å². The van der Waals surface area contributed by atoms with E-state index >= 15 is 0 Å². The number of amides is 2. The average molecular weight is 466 g/mol. The highest BCUT2D eigenvalue weighted by Crippen LogP contribution is 2.22. The summed E-state index contributed by atoms with van der Waals surface area (Å²) < 4.78 is 12.7. The van der Waals surface area contributed by atoms with Gasteiger partial charge in [0, 0.05) is 38.2 Å². The zero-order valence-electron chi connectivity index (χ0n) is 20.8. The van der Waals surface area contributed by atoms with Crippen LogP contribution in [-0.2, 0) is 35.1 Å². The molecule has 0 atom stereocenters. The van der Waals surface area contributed by atoms with E-state index in [-0.39, 0.29) is 23.8 Å². The van der Waals surface area contributed by atoms with Crippen LogP contribution in [-0.4, -0.2) is 53.0 Å². The largest absolute Gasteiger partial charge is 0.467 e. The molecule has 0 unspecified atom stereocenters. The van der Waals surface area contributed by atoms with E-state index in [4.69, 9.17) is 9.15 Å². The second kappa shape index (κ2) is 11.2. The normalized spacial score (nSPS) is 11.4. The second-order valence-corrected chi connectivity index (χ2v) is 9.49. The molecule has 0 fully saturated rings. The number of hydrogen-bond acceptors (Lipinski definition) is 4. The Labute approximate surface area is 201 Å². The third kappa shape index (κ3) is 6.60. The number of hydrogen-bond donors (Lipinski definition) is 0. The number of furan rings is 1. The fourth-order valence-electron chi connectivity index (χ4n) is 3.69. The van der Waals surface area contributed by atoms with Crippen molar-refractivity contribution in [2.45, 2.75) is 39.3 Å². The molecular formula is C27H35N3O4. The summed E-state index contributed by atoms with van der Waals surface area (Å²) in [6.45, 7) is 7.75. The highest BCUT2D eigenvalue weighted by atomic mass is 16.5. The van der Waals surface area contributed by atoms with Crippen molar-refractivity contribution in [1.82, 2.24) is 14.4 Å². The van der Waals surface area contributed by atoms with Gasteiger partial charge in [0.1, 0.15) is 12.3 Å². The number of carbonyl (C=O) groups is 2. The topological polar surface area (TPSA) is 67.9 Å². The molecule has 0 spiro atoms. The highest BCUT2D eigenvalue weighted by molar-refractivity contribution is 5.96. The van der Waals surface area contributed by atoms with Crippen LogP contribution in [0.4, 0.5) is 0 Å². The fourth-order valence-corrected chi connectivity index (χ4v) is 3.69. The Balaban J connectivity index is 1.79. The smallest absolute Gasteiger partial charge is 0.254 e. The molecule has 2 aromatic heterocycles. The predicted octanol–water partition coefficient (Wildman–Crippen LogP) is 4.23. The summed E-state index contributed by atoms with van der Waals surface area (Å²) in [5.74, 6) is 0.339. The first-order valence-electron chi connectivity index (χ1n) is 11.5. The molecule has 0 N–H and O–H groups in total. The number of carbonyl (C=O) groups excluding carboxylic acids is 2. The van der Waals surface area contributed by atoms with Crippen molar-refractivity contribution in [3.05, 3.63) is 83.6 Å². The maximum absolute atomic E-state index is 13.4. The Morgan fingerprint density at radius 2 is 1.74 bits per heavy atom. The van der Waals surface area contributed by atoms with Crippen LogP contribution in [0.15, 0.2) is 65.4 Å². The third-order valence-corrected chi connectivity index (χ3v) is 5.86. The van der Waals surface area contributed by atoms with E-state index in [1.54, 1.807) is 29.2 Å². The zero-order chi connectivity index (χ0) is 24.7. The summed E-state index contributed by atoms with van der Waals surface area (Å²) in [4.78, 5) is 30.0. The lowest BCUT2D eigenvalue weighted by Crippen LogP contribution is -2.43. The summed E-state index contributed by atoms with van der Waals surface area (Å²) in [5, 5.41) is 0. The molecule has 7 nitrogen and oxygen atoms in total. The first-order chi connectivity index (χ1) is 16.2. The molecule has 7 heteroatoms. The van der Waals surface area contributed by atoms with E-state index in [2.05, 4.69) is 20.8 Å². The summed E-state index contributed by atoms with van der Waals surface area (Å²) in [5.41, 5.74) is 2.69. The number of aryl methyl sites for hydroxylation is 1. The molecule has 2 amide bonds. The predicted molar refractivity (Wildman–Crippen MR) is 131 cm³/mol. The van der Waals surface area contributed by atoms with Crippen LogP contribution in [0.1, 0.15) is 48.1 Å². The molecule has 3 aromatic rings. The maximum Gasteiger partial charge on any atom is 0.254 e. The van der Waals surface area contributed by atoms with Gasteiger partial charge < -0.3 is 23.5 Å². The first-order valence-corrected chi connectivity index (χ1v) is 11.5. The lowest BCUT2D eigenvalue weighted by Gasteiger charge is -2.27. The van der Waals surface area contributed by atoms with Gasteiger partial charge in [0.2, 0.25) is 5.91 Å². The van der Waals surface area contributed by atoms with E-state index in [0.29, 0.717) is 37.6 Å². The minimum absolute atomic E-state index is 0.00340. The molecule has 34 heavy (non-hydrogen) atoms. The summed E-state index contributed by atoms with van der Waals surface area (Å²) in [6, 6.07) is 15.2. The number of rotatable bonds is 10. The molecule has 0 bridgehead atoms. The van der Waals surface area contributed by atoms with Crippen molar-refractivity contribution in [2.24, 2.45) is 7.05 Å². The number of benzene rings is 1. The number of aromatic nitrogens is 1. The molecule has 0 aliphatic rings. The van der Waals surface area contributed by atoms with Gasteiger partial charge in [0.25, 0.3) is 5.91 Å². The molecular weight excluding hydrogens is 430 g/mol. The van der Waals surface area contributed by atoms with Gasteiger partial charge in [-0.2, -0.15) is 0 Å². The van der Waals surface area contributed by atoms with Gasteiger partial charge in [0.15, 0.2) is 0 Å². The Morgan fingerprint density at radius 1 is 1.00 bits per heavy atom. The van der Waals surface area contributed by atoms with E-state index in [0.717, 1.165) is 11.3 Å². The van der Waals surface area contributed by atoms with Crippen LogP contribution in [0, 0.1) is 0 Å². The van der Waals surface area contributed by atoms with Crippen molar-refractivity contribution in [2.75, 3.05) is 26.8 Å². The Kier molecular flexibility index (Phi) is 8.34. The molecule has 1 aromatic carbocycles. The average Bonchev–Trinajstić information content (AvgIpc) is 3.47. The minimum atomic E-state index is -0.192. The van der Waals surface area contributed by atoms with Gasteiger partial charge in [-0.15, -0.1) is 0 Å². The molecule has 182 valence electrons. The molecule has 0 aliphatic carbocycles. The van der Waals surface area contributed by atoms with Crippen LogP contribution < -0.4 is 0 Å². The summed E-state index contributed by atoms with van der Waals surface area (Å²) in [7, 11) is 3.53. The summed E-state index contributed by atoms with van der Waals surface area (Å²) in [6.07, 6.45) is 3.54. The monoisotopic (exact) mass is 465 g/mol. The number of ether oxygens (including phenoxy) is 1. The van der Waals surface area contributed by atoms with Gasteiger partial charge >= 0.3 is 0 Å². The van der Waals surface area contributed by atoms with Crippen molar-refractivity contribution in [1.29, 1.82) is 0 Å². The third-order valence-electron chi connectivity index (χ3n) is 5.86. The summed E-state index contributed by atoms with van der Waals surface area (Å²) >= 11 is 0. The van der Waals surface area contributed by atoms with E-state index < -0.39 is 0 Å². The van der Waals surface area contributed by atoms with Crippen LogP contribution in [0.5, 0.6) is 0 Å². The van der Waals surface area contributed by atoms with Gasteiger partial charge in [0.05, 0.1) is 26.0 Å². The molecule has 2 heterocycles. The van der Waals surface area contributed by atoms with Crippen molar-refractivity contribution in [3.8, 4) is 0 Å². The first kappa shape index (κ1) is 25.3. The lowest BCUT2D eigenvalue weighted by molar-refractivity contribution is -0.133. The minimum Gasteiger partial charge on any atom is -0.467 e. The van der Waals surface area contributed by atoms with Gasteiger partial charge in [-0.25, -0.2) is 0 Å². The molecule has 0 aliphatic heterocycles. The quantitative estimate of drug-likeness (QED) is 0.449. The van der Waals surface area contributed by atoms with Crippen molar-refractivity contribution in [3.63, 3.8) is 0 Å². The van der Waals surface area contributed by atoms with E-state index in [1.807, 2.05) is 60.3 Å². The Bertz CT molecular complexity index is 1060. The highest BCUT2D eigenvalue weighted by Gasteiger charge is 2.24. The standard InChI is InChI=1S/C27H35N3O4/c1-27(2,3)22-12-10-21(11-13-22)26(32)29(15-17-33-5)20-25(31)30(19-24-9-7-16-34-24)18-23-8-6-14-28(23)4/h6-14,16H,15,17-20H2,1-5H3. The molecule has 3 rings (SSSR count). The molecule has 0 radical (unpaired) electrons. The van der Waals surface area contributed by atoms with Gasteiger partial charge in [-0.05, 0) is 47.4 Å². The van der Waals surface area contributed by atoms with Crippen molar-refractivity contribution >= 4 is 11.8 Å². The SMILES string of the molecule is COCCN(CC(=O)N(Cc1ccco1)Cc1cccn1C)C(=O)c1ccc(C(C)(C)C)cc1. The Morgan fingerprint density at radius 3 is 2.29 bits per heavy atom. The van der Waals surface area contributed by atoms with Gasteiger partial charge in [-0.3, -0.25) is 9.59 Å².